The molecule has 0 bridgehead atoms. The van der Waals surface area contributed by atoms with E-state index in [0.717, 1.165) is 5.56 Å². The first-order chi connectivity index (χ1) is 8.14. The molecule has 0 heterocycles. The van der Waals surface area contributed by atoms with Crippen molar-refractivity contribution in [1.82, 2.24) is 0 Å². The van der Waals surface area contributed by atoms with Crippen LogP contribution in [-0.2, 0) is 0 Å². The van der Waals surface area contributed by atoms with E-state index in [1.54, 1.807) is 12.1 Å². The van der Waals surface area contributed by atoms with Gasteiger partial charge in [0.05, 0.1) is 0 Å². The number of halogens is 3. The lowest BCUT2D eigenvalue weighted by Crippen LogP contribution is -2.22. The van der Waals surface area contributed by atoms with Gasteiger partial charge in [-0.3, -0.25) is 0 Å². The third kappa shape index (κ3) is 3.25. The molecule has 0 aromatic heterocycles. The molecule has 1 aromatic rings. The van der Waals surface area contributed by atoms with Gasteiger partial charge in [0, 0.05) is 0 Å². The smallest absolute Gasteiger partial charge is 0.379 e. The number of alkyl halides is 3. The third-order valence-electron chi connectivity index (χ3n) is 3.00. The Morgan fingerprint density at radius 1 is 0.944 bits per heavy atom. The maximum absolute atomic E-state index is 12.6. The summed E-state index contributed by atoms with van der Waals surface area (Å²) in [5.74, 6) is 0.190. The minimum absolute atomic E-state index is 0.0399. The Balaban J connectivity index is 3.28. The van der Waals surface area contributed by atoms with Crippen LogP contribution in [0.1, 0.15) is 62.3 Å². The predicted molar refractivity (Wildman–Crippen MR) is 65.6 cm³/mol. The molecule has 0 amide bonds. The molecule has 1 nitrogen and oxygen atoms in total. The molecule has 0 aliphatic heterocycles. The summed E-state index contributed by atoms with van der Waals surface area (Å²) in [6.07, 6.45) is -7.03. The number of hydrogen-bond donors (Lipinski definition) is 1. The van der Waals surface area contributed by atoms with E-state index in [1.165, 1.54) is 6.07 Å². The summed E-state index contributed by atoms with van der Waals surface area (Å²) in [5.41, 5.74) is 1.50. The SMILES string of the molecule is CC(C)c1ccc(C(O)C(F)(F)F)c(C(C)C)c1. The van der Waals surface area contributed by atoms with E-state index in [1.807, 2.05) is 27.7 Å². The van der Waals surface area contributed by atoms with Gasteiger partial charge in [0.15, 0.2) is 6.10 Å². The highest BCUT2D eigenvalue weighted by molar-refractivity contribution is 5.37. The zero-order valence-electron chi connectivity index (χ0n) is 11.0. The van der Waals surface area contributed by atoms with Crippen molar-refractivity contribution >= 4 is 0 Å². The average Bonchev–Trinajstić information content (AvgIpc) is 2.25. The van der Waals surface area contributed by atoms with Crippen LogP contribution in [-0.4, -0.2) is 11.3 Å². The number of rotatable bonds is 3. The Kier molecular flexibility index (Phi) is 4.43. The Labute approximate surface area is 106 Å². The molecule has 0 fully saturated rings. The van der Waals surface area contributed by atoms with Gasteiger partial charge in [-0.2, -0.15) is 13.2 Å². The van der Waals surface area contributed by atoms with Gasteiger partial charge in [0.25, 0.3) is 0 Å². The zero-order chi connectivity index (χ0) is 14.1. The number of aliphatic hydroxyl groups excluding tert-OH is 1. The quantitative estimate of drug-likeness (QED) is 0.846. The van der Waals surface area contributed by atoms with E-state index in [-0.39, 0.29) is 17.4 Å². The molecule has 102 valence electrons. The molecule has 1 unspecified atom stereocenters. The first-order valence-electron chi connectivity index (χ1n) is 6.03. The largest absolute Gasteiger partial charge is 0.418 e. The second-order valence-electron chi connectivity index (χ2n) is 5.14. The van der Waals surface area contributed by atoms with Gasteiger partial charge in [-0.05, 0) is 28.5 Å². The fourth-order valence-electron chi connectivity index (χ4n) is 1.88. The van der Waals surface area contributed by atoms with Crippen LogP contribution in [0.3, 0.4) is 0 Å². The summed E-state index contributed by atoms with van der Waals surface area (Å²) in [7, 11) is 0. The van der Waals surface area contributed by atoms with Crippen molar-refractivity contribution in [2.75, 3.05) is 0 Å². The molecule has 0 saturated carbocycles. The van der Waals surface area contributed by atoms with Gasteiger partial charge in [-0.25, -0.2) is 0 Å². The molecule has 18 heavy (non-hydrogen) atoms. The third-order valence-corrected chi connectivity index (χ3v) is 3.00. The number of benzene rings is 1. The topological polar surface area (TPSA) is 20.2 Å². The Bertz CT molecular complexity index is 408. The fraction of sp³-hybridized carbons (Fsp3) is 0.571. The first-order valence-corrected chi connectivity index (χ1v) is 6.03. The summed E-state index contributed by atoms with van der Waals surface area (Å²) < 4.78 is 37.8. The summed E-state index contributed by atoms with van der Waals surface area (Å²) in [6, 6.07) is 4.81. The van der Waals surface area contributed by atoms with Crippen LogP contribution >= 0.6 is 0 Å². The van der Waals surface area contributed by atoms with Gasteiger partial charge in [-0.1, -0.05) is 45.9 Å². The minimum atomic E-state index is -4.62. The van der Waals surface area contributed by atoms with Crippen molar-refractivity contribution in [2.45, 2.75) is 51.8 Å². The first kappa shape index (κ1) is 15.0. The van der Waals surface area contributed by atoms with Gasteiger partial charge >= 0.3 is 6.18 Å². The van der Waals surface area contributed by atoms with Crippen LogP contribution in [0.5, 0.6) is 0 Å². The van der Waals surface area contributed by atoms with Crippen LogP contribution in [0.4, 0.5) is 13.2 Å². The van der Waals surface area contributed by atoms with E-state index in [2.05, 4.69) is 0 Å². The molecule has 0 radical (unpaired) electrons. The van der Waals surface area contributed by atoms with Crippen molar-refractivity contribution in [1.29, 1.82) is 0 Å². The minimum Gasteiger partial charge on any atom is -0.379 e. The zero-order valence-corrected chi connectivity index (χ0v) is 11.0. The summed E-state index contributed by atoms with van der Waals surface area (Å²) in [5, 5.41) is 9.39. The number of hydrogen-bond acceptors (Lipinski definition) is 1. The number of aliphatic hydroxyl groups is 1. The Morgan fingerprint density at radius 3 is 1.89 bits per heavy atom. The summed E-state index contributed by atoms with van der Waals surface area (Å²) in [6.45, 7) is 7.62. The van der Waals surface area contributed by atoms with E-state index in [4.69, 9.17) is 0 Å². The van der Waals surface area contributed by atoms with E-state index in [0.29, 0.717) is 5.56 Å². The highest BCUT2D eigenvalue weighted by Gasteiger charge is 2.40. The molecule has 0 aliphatic carbocycles. The second-order valence-corrected chi connectivity index (χ2v) is 5.14. The molecule has 4 heteroatoms. The molecular weight excluding hydrogens is 241 g/mol. The van der Waals surface area contributed by atoms with E-state index < -0.39 is 12.3 Å². The van der Waals surface area contributed by atoms with Crippen LogP contribution in [0.25, 0.3) is 0 Å². The lowest BCUT2D eigenvalue weighted by Gasteiger charge is -2.21. The molecule has 0 saturated heterocycles. The lowest BCUT2D eigenvalue weighted by atomic mass is 9.89. The highest BCUT2D eigenvalue weighted by Crippen LogP contribution is 2.37. The van der Waals surface area contributed by atoms with Crippen LogP contribution in [0.15, 0.2) is 18.2 Å². The van der Waals surface area contributed by atoms with Gasteiger partial charge in [0.1, 0.15) is 0 Å². The average molecular weight is 260 g/mol. The maximum atomic E-state index is 12.6. The monoisotopic (exact) mass is 260 g/mol. The Hall–Kier alpha value is -1.03. The van der Waals surface area contributed by atoms with Gasteiger partial charge in [-0.15, -0.1) is 0 Å². The van der Waals surface area contributed by atoms with Crippen molar-refractivity contribution < 1.29 is 18.3 Å². The van der Waals surface area contributed by atoms with Gasteiger partial charge in [0.2, 0.25) is 0 Å². The van der Waals surface area contributed by atoms with Crippen molar-refractivity contribution in [3.63, 3.8) is 0 Å². The van der Waals surface area contributed by atoms with Crippen molar-refractivity contribution in [3.05, 3.63) is 34.9 Å². The lowest BCUT2D eigenvalue weighted by molar-refractivity contribution is -0.207. The van der Waals surface area contributed by atoms with Crippen molar-refractivity contribution in [3.8, 4) is 0 Å². The van der Waals surface area contributed by atoms with E-state index >= 15 is 0 Å². The molecule has 1 atom stereocenters. The van der Waals surface area contributed by atoms with Crippen LogP contribution in [0, 0.1) is 0 Å². The standard InChI is InChI=1S/C14H19F3O/c1-8(2)10-5-6-11(12(7-10)9(3)4)13(18)14(15,16)17/h5-9,13,18H,1-4H3. The molecule has 1 rings (SSSR count). The van der Waals surface area contributed by atoms with E-state index in [9.17, 15) is 18.3 Å². The molecule has 0 spiro atoms. The predicted octanol–water partition coefficient (Wildman–Crippen LogP) is 4.53. The highest BCUT2D eigenvalue weighted by atomic mass is 19.4. The van der Waals surface area contributed by atoms with Gasteiger partial charge < -0.3 is 5.11 Å². The van der Waals surface area contributed by atoms with Crippen LogP contribution in [0.2, 0.25) is 0 Å². The summed E-state index contributed by atoms with van der Waals surface area (Å²) >= 11 is 0. The second kappa shape index (κ2) is 5.31. The Morgan fingerprint density at radius 2 is 1.50 bits per heavy atom. The maximum Gasteiger partial charge on any atom is 0.418 e. The summed E-state index contributed by atoms with van der Waals surface area (Å²) in [4.78, 5) is 0. The van der Waals surface area contributed by atoms with Crippen molar-refractivity contribution in [2.24, 2.45) is 0 Å². The van der Waals surface area contributed by atoms with Crippen LogP contribution < -0.4 is 0 Å². The molecule has 0 aliphatic rings. The normalized spacial score (nSPS) is 14.3. The molecular formula is C14H19F3O. The molecule has 1 aromatic carbocycles. The fourth-order valence-corrected chi connectivity index (χ4v) is 1.88. The molecule has 1 N–H and O–H groups in total.